The van der Waals surface area contributed by atoms with Crippen molar-refractivity contribution in [2.45, 2.75) is 37.3 Å². The number of benzene rings is 2. The quantitative estimate of drug-likeness (QED) is 0.701. The molecule has 2 aromatic rings. The fourth-order valence-corrected chi connectivity index (χ4v) is 5.07. The first-order valence-electron chi connectivity index (χ1n) is 10.9. The molecule has 1 spiro atoms. The van der Waals surface area contributed by atoms with Crippen LogP contribution in [-0.2, 0) is 16.1 Å². The standard InChI is InChI=1S/C25H32N2O3/c1-29-17-16-27-24(28)23(21-6-4-3-5-7-21)18-25(27)12-14-26(15-13-25)19-20-8-10-22(30-2)11-9-20/h3-11,23H,12-19H2,1-2H3/t23-/m1/s1. The van der Waals surface area contributed by atoms with Crippen molar-refractivity contribution in [3.8, 4) is 5.75 Å². The normalized spacial score (nSPS) is 21.3. The zero-order chi connectivity index (χ0) is 21.0. The third-order valence-electron chi connectivity index (χ3n) is 6.79. The van der Waals surface area contributed by atoms with E-state index in [2.05, 4.69) is 34.1 Å². The fourth-order valence-electron chi connectivity index (χ4n) is 5.07. The van der Waals surface area contributed by atoms with E-state index in [1.807, 2.05) is 30.3 Å². The summed E-state index contributed by atoms with van der Waals surface area (Å²) in [6.07, 6.45) is 2.94. The van der Waals surface area contributed by atoms with E-state index in [1.165, 1.54) is 5.56 Å². The number of rotatable bonds is 7. The van der Waals surface area contributed by atoms with Crippen LogP contribution in [0, 0.1) is 0 Å². The smallest absolute Gasteiger partial charge is 0.230 e. The molecule has 160 valence electrons. The predicted octanol–water partition coefficient (Wildman–Crippen LogP) is 3.69. The highest BCUT2D eigenvalue weighted by Crippen LogP contribution is 2.45. The van der Waals surface area contributed by atoms with Gasteiger partial charge in [0.25, 0.3) is 0 Å². The Labute approximate surface area is 179 Å². The molecule has 0 bridgehead atoms. The summed E-state index contributed by atoms with van der Waals surface area (Å²) in [4.78, 5) is 18.0. The van der Waals surface area contributed by atoms with Crippen molar-refractivity contribution >= 4 is 5.91 Å². The van der Waals surface area contributed by atoms with Crippen molar-refractivity contribution in [2.24, 2.45) is 0 Å². The highest BCUT2D eigenvalue weighted by Gasteiger charge is 2.51. The second kappa shape index (κ2) is 9.19. The summed E-state index contributed by atoms with van der Waals surface area (Å²) in [7, 11) is 3.40. The maximum Gasteiger partial charge on any atom is 0.230 e. The molecule has 2 aliphatic heterocycles. The molecule has 0 radical (unpaired) electrons. The maximum absolute atomic E-state index is 13.4. The number of likely N-dealkylation sites (tertiary alicyclic amines) is 2. The lowest BCUT2D eigenvalue weighted by molar-refractivity contribution is -0.134. The van der Waals surface area contributed by atoms with Crippen LogP contribution >= 0.6 is 0 Å². The van der Waals surface area contributed by atoms with Gasteiger partial charge in [0.15, 0.2) is 0 Å². The number of ether oxygens (including phenoxy) is 2. The summed E-state index contributed by atoms with van der Waals surface area (Å²) in [6, 6.07) is 18.6. The summed E-state index contributed by atoms with van der Waals surface area (Å²) in [5, 5.41) is 0. The van der Waals surface area contributed by atoms with Crippen molar-refractivity contribution in [1.29, 1.82) is 0 Å². The highest BCUT2D eigenvalue weighted by atomic mass is 16.5. The van der Waals surface area contributed by atoms with E-state index in [0.29, 0.717) is 13.2 Å². The van der Waals surface area contributed by atoms with E-state index in [0.717, 1.165) is 50.2 Å². The van der Waals surface area contributed by atoms with Crippen LogP contribution in [0.1, 0.15) is 36.3 Å². The first-order valence-corrected chi connectivity index (χ1v) is 10.9. The molecule has 0 aromatic heterocycles. The molecule has 2 heterocycles. The molecule has 2 fully saturated rings. The monoisotopic (exact) mass is 408 g/mol. The van der Waals surface area contributed by atoms with Crippen LogP contribution in [0.15, 0.2) is 54.6 Å². The Kier molecular flexibility index (Phi) is 6.40. The molecule has 0 N–H and O–H groups in total. The average molecular weight is 409 g/mol. The topological polar surface area (TPSA) is 42.0 Å². The van der Waals surface area contributed by atoms with Crippen molar-refractivity contribution < 1.29 is 14.3 Å². The van der Waals surface area contributed by atoms with Crippen LogP contribution in [0.3, 0.4) is 0 Å². The van der Waals surface area contributed by atoms with E-state index >= 15 is 0 Å². The summed E-state index contributed by atoms with van der Waals surface area (Å²) in [6.45, 7) is 4.21. The number of hydrogen-bond donors (Lipinski definition) is 0. The molecule has 4 rings (SSSR count). The van der Waals surface area contributed by atoms with Gasteiger partial charge >= 0.3 is 0 Å². The minimum absolute atomic E-state index is 0.0313. The van der Waals surface area contributed by atoms with E-state index in [1.54, 1.807) is 14.2 Å². The Balaban J connectivity index is 1.46. The molecule has 2 aliphatic rings. The molecule has 1 atom stereocenters. The van der Waals surface area contributed by atoms with Crippen molar-refractivity contribution in [3.63, 3.8) is 0 Å². The lowest BCUT2D eigenvalue weighted by Crippen LogP contribution is -2.53. The number of piperidine rings is 1. The van der Waals surface area contributed by atoms with E-state index in [4.69, 9.17) is 9.47 Å². The van der Waals surface area contributed by atoms with Crippen LogP contribution in [0.5, 0.6) is 5.75 Å². The molecule has 5 nitrogen and oxygen atoms in total. The van der Waals surface area contributed by atoms with Gasteiger partial charge in [-0.1, -0.05) is 42.5 Å². The zero-order valence-electron chi connectivity index (χ0n) is 18.0. The highest BCUT2D eigenvalue weighted by molar-refractivity contribution is 5.87. The second-order valence-corrected chi connectivity index (χ2v) is 8.50. The van der Waals surface area contributed by atoms with E-state index < -0.39 is 0 Å². The Bertz CT molecular complexity index is 829. The third kappa shape index (κ3) is 4.23. The molecule has 0 aliphatic carbocycles. The van der Waals surface area contributed by atoms with Crippen LogP contribution < -0.4 is 4.74 Å². The van der Waals surface area contributed by atoms with Gasteiger partial charge in [0.2, 0.25) is 5.91 Å². The van der Waals surface area contributed by atoms with Crippen LogP contribution in [0.4, 0.5) is 0 Å². The number of carbonyl (C=O) groups excluding carboxylic acids is 1. The summed E-state index contributed by atoms with van der Waals surface area (Å²) in [5.74, 6) is 1.12. The first-order chi connectivity index (χ1) is 14.6. The van der Waals surface area contributed by atoms with Gasteiger partial charge in [-0.2, -0.15) is 0 Å². The molecule has 2 aromatic carbocycles. The van der Waals surface area contributed by atoms with E-state index in [9.17, 15) is 4.79 Å². The molecule has 1 amide bonds. The number of nitrogens with zero attached hydrogens (tertiary/aromatic N) is 2. The Morgan fingerprint density at radius 2 is 1.70 bits per heavy atom. The van der Waals surface area contributed by atoms with Crippen molar-refractivity contribution in [3.05, 3.63) is 65.7 Å². The van der Waals surface area contributed by atoms with Crippen LogP contribution in [0.2, 0.25) is 0 Å². The number of methoxy groups -OCH3 is 2. The number of hydrogen-bond acceptors (Lipinski definition) is 4. The molecule has 30 heavy (non-hydrogen) atoms. The van der Waals surface area contributed by atoms with Gasteiger partial charge in [0.05, 0.1) is 19.6 Å². The molecule has 0 saturated carbocycles. The molecular weight excluding hydrogens is 376 g/mol. The lowest BCUT2D eigenvalue weighted by atomic mass is 9.81. The SMILES string of the molecule is COCCN1C(=O)[C@@H](c2ccccc2)CC12CCN(Cc1ccc(OC)cc1)CC2. The Morgan fingerprint density at radius 1 is 1.00 bits per heavy atom. The molecular formula is C25H32N2O3. The van der Waals surface area contributed by atoms with Gasteiger partial charge in [-0.15, -0.1) is 0 Å². The predicted molar refractivity (Wildman–Crippen MR) is 118 cm³/mol. The first kappa shape index (κ1) is 20.9. The summed E-state index contributed by atoms with van der Waals surface area (Å²) >= 11 is 0. The van der Waals surface area contributed by atoms with Gasteiger partial charge in [0.1, 0.15) is 5.75 Å². The Morgan fingerprint density at radius 3 is 2.33 bits per heavy atom. The van der Waals surface area contributed by atoms with Crippen LogP contribution in [0.25, 0.3) is 0 Å². The van der Waals surface area contributed by atoms with Gasteiger partial charge in [-0.3, -0.25) is 9.69 Å². The second-order valence-electron chi connectivity index (χ2n) is 8.50. The number of carbonyl (C=O) groups is 1. The third-order valence-corrected chi connectivity index (χ3v) is 6.79. The maximum atomic E-state index is 13.4. The van der Waals surface area contributed by atoms with Gasteiger partial charge < -0.3 is 14.4 Å². The molecule has 0 unspecified atom stereocenters. The van der Waals surface area contributed by atoms with Crippen molar-refractivity contribution in [2.75, 3.05) is 40.5 Å². The minimum Gasteiger partial charge on any atom is -0.497 e. The van der Waals surface area contributed by atoms with Gasteiger partial charge in [-0.05, 0) is 42.5 Å². The van der Waals surface area contributed by atoms with Crippen LogP contribution in [-0.4, -0.2) is 61.7 Å². The summed E-state index contributed by atoms with van der Waals surface area (Å²) in [5.41, 5.74) is 2.39. The minimum atomic E-state index is -0.0491. The lowest BCUT2D eigenvalue weighted by Gasteiger charge is -2.45. The number of amides is 1. The van der Waals surface area contributed by atoms with Gasteiger partial charge in [-0.25, -0.2) is 0 Å². The fraction of sp³-hybridized carbons (Fsp3) is 0.480. The van der Waals surface area contributed by atoms with Crippen molar-refractivity contribution in [1.82, 2.24) is 9.80 Å². The Hall–Kier alpha value is -2.37. The summed E-state index contributed by atoms with van der Waals surface area (Å²) < 4.78 is 10.6. The van der Waals surface area contributed by atoms with Gasteiger partial charge in [0, 0.05) is 38.8 Å². The molecule has 2 saturated heterocycles. The van der Waals surface area contributed by atoms with E-state index in [-0.39, 0.29) is 17.4 Å². The zero-order valence-corrected chi connectivity index (χ0v) is 18.0. The largest absolute Gasteiger partial charge is 0.497 e. The average Bonchev–Trinajstić information content (AvgIpc) is 3.06. The molecule has 5 heteroatoms.